The number of hydrogen-bond acceptors (Lipinski definition) is 6. The van der Waals surface area contributed by atoms with Crippen molar-refractivity contribution in [3.05, 3.63) is 44.8 Å². The minimum Gasteiger partial charge on any atom is -0.497 e. The summed E-state index contributed by atoms with van der Waals surface area (Å²) in [6.07, 6.45) is 0. The highest BCUT2D eigenvalue weighted by atomic mass is 79.9. The molecule has 0 saturated heterocycles. The molecule has 3 rings (SSSR count). The number of halogens is 1. The van der Waals surface area contributed by atoms with Gasteiger partial charge in [-0.15, -0.1) is 5.10 Å². The van der Waals surface area contributed by atoms with E-state index in [-0.39, 0.29) is 5.69 Å². The van der Waals surface area contributed by atoms with Crippen molar-refractivity contribution in [2.75, 3.05) is 14.2 Å². The molecule has 3 aromatic rings. The highest BCUT2D eigenvalue weighted by molar-refractivity contribution is 9.10. The van der Waals surface area contributed by atoms with Crippen molar-refractivity contribution >= 4 is 33.3 Å². The predicted octanol–water partition coefficient (Wildman–Crippen LogP) is 2.49. The fourth-order valence-electron chi connectivity index (χ4n) is 1.95. The maximum absolute atomic E-state index is 12.1. The van der Waals surface area contributed by atoms with E-state index < -0.39 is 0 Å². The SMILES string of the molecule is COc1ccc(CSc2nc3c(Br)c(OC)nn3c(=O)[nH]2)cc1. The molecule has 7 nitrogen and oxygen atoms in total. The molecule has 0 spiro atoms. The third-order valence-electron chi connectivity index (χ3n) is 3.12. The van der Waals surface area contributed by atoms with E-state index >= 15 is 0 Å². The van der Waals surface area contributed by atoms with Gasteiger partial charge < -0.3 is 9.47 Å². The highest BCUT2D eigenvalue weighted by Crippen LogP contribution is 2.27. The highest BCUT2D eigenvalue weighted by Gasteiger charge is 2.15. The monoisotopic (exact) mass is 396 g/mol. The number of aromatic amines is 1. The van der Waals surface area contributed by atoms with Gasteiger partial charge in [-0.2, -0.15) is 4.52 Å². The topological polar surface area (TPSA) is 81.5 Å². The maximum Gasteiger partial charge on any atom is 0.350 e. The first kappa shape index (κ1) is 15.9. The molecular formula is C14H13BrN4O3S. The van der Waals surface area contributed by atoms with Gasteiger partial charge >= 0.3 is 5.69 Å². The van der Waals surface area contributed by atoms with Crippen LogP contribution < -0.4 is 15.2 Å². The quantitative estimate of drug-likeness (QED) is 0.667. The Bertz CT molecular complexity index is 891. The largest absolute Gasteiger partial charge is 0.497 e. The molecule has 0 radical (unpaired) electrons. The molecular weight excluding hydrogens is 384 g/mol. The van der Waals surface area contributed by atoms with Crippen LogP contribution >= 0.6 is 27.7 Å². The second kappa shape index (κ2) is 6.63. The summed E-state index contributed by atoms with van der Waals surface area (Å²) in [7, 11) is 3.12. The van der Waals surface area contributed by atoms with Crippen LogP contribution in [0, 0.1) is 0 Å². The second-order valence-corrected chi connectivity index (χ2v) is 6.30. The Morgan fingerprint density at radius 1 is 1.26 bits per heavy atom. The van der Waals surface area contributed by atoms with E-state index in [0.717, 1.165) is 11.3 Å². The fourth-order valence-corrected chi connectivity index (χ4v) is 3.25. The molecule has 0 fully saturated rings. The van der Waals surface area contributed by atoms with Gasteiger partial charge in [0.05, 0.1) is 14.2 Å². The van der Waals surface area contributed by atoms with E-state index in [4.69, 9.17) is 9.47 Å². The molecule has 0 aliphatic carbocycles. The van der Waals surface area contributed by atoms with Crippen molar-refractivity contribution < 1.29 is 9.47 Å². The minimum absolute atomic E-state index is 0.320. The van der Waals surface area contributed by atoms with Crippen molar-refractivity contribution in [1.29, 1.82) is 0 Å². The first-order valence-corrected chi connectivity index (χ1v) is 8.38. The van der Waals surface area contributed by atoms with Crippen LogP contribution in [0.5, 0.6) is 11.6 Å². The van der Waals surface area contributed by atoms with Crippen molar-refractivity contribution in [2.45, 2.75) is 10.9 Å². The lowest BCUT2D eigenvalue weighted by atomic mass is 10.2. The van der Waals surface area contributed by atoms with Crippen LogP contribution in [-0.4, -0.2) is 33.8 Å². The molecule has 0 aliphatic heterocycles. The van der Waals surface area contributed by atoms with E-state index in [9.17, 15) is 4.79 Å². The Kier molecular flexibility index (Phi) is 4.58. The third-order valence-corrected chi connectivity index (χ3v) is 4.76. The Labute approximate surface area is 144 Å². The molecule has 0 amide bonds. The van der Waals surface area contributed by atoms with Gasteiger partial charge in [-0.05, 0) is 33.6 Å². The second-order valence-electron chi connectivity index (χ2n) is 4.54. The molecule has 1 N–H and O–H groups in total. The van der Waals surface area contributed by atoms with Crippen LogP contribution in [0.2, 0.25) is 0 Å². The van der Waals surface area contributed by atoms with E-state index in [1.165, 1.54) is 23.4 Å². The number of benzene rings is 1. The lowest BCUT2D eigenvalue weighted by Crippen LogP contribution is -2.19. The summed E-state index contributed by atoms with van der Waals surface area (Å²) in [5.41, 5.74) is 1.16. The van der Waals surface area contributed by atoms with Gasteiger partial charge in [0.2, 0.25) is 5.88 Å². The van der Waals surface area contributed by atoms with Crippen molar-refractivity contribution in [3.8, 4) is 11.6 Å². The van der Waals surface area contributed by atoms with Crippen LogP contribution in [0.3, 0.4) is 0 Å². The summed E-state index contributed by atoms with van der Waals surface area (Å²) in [6, 6.07) is 7.74. The molecule has 120 valence electrons. The zero-order chi connectivity index (χ0) is 16.4. The summed E-state index contributed by atoms with van der Waals surface area (Å²) in [4.78, 5) is 19.2. The number of rotatable bonds is 5. The molecule has 2 aromatic heterocycles. The Hall–Kier alpha value is -2.00. The molecule has 0 atom stereocenters. The summed E-state index contributed by atoms with van der Waals surface area (Å²) < 4.78 is 11.9. The first-order valence-electron chi connectivity index (χ1n) is 6.60. The molecule has 0 aliphatic rings. The summed E-state index contributed by atoms with van der Waals surface area (Å²) >= 11 is 4.78. The number of H-pyrrole nitrogens is 1. The van der Waals surface area contributed by atoms with Gasteiger partial charge in [0, 0.05) is 5.75 Å². The summed E-state index contributed by atoms with van der Waals surface area (Å²) in [5, 5.41) is 4.54. The van der Waals surface area contributed by atoms with E-state index in [1.54, 1.807) is 7.11 Å². The average molecular weight is 397 g/mol. The first-order chi connectivity index (χ1) is 11.1. The number of ether oxygens (including phenoxy) is 2. The normalized spacial score (nSPS) is 10.9. The number of thioether (sulfide) groups is 1. The Morgan fingerprint density at radius 2 is 2.00 bits per heavy atom. The number of nitrogens with zero attached hydrogens (tertiary/aromatic N) is 3. The maximum atomic E-state index is 12.1. The van der Waals surface area contributed by atoms with Gasteiger partial charge in [-0.1, -0.05) is 23.9 Å². The zero-order valence-corrected chi connectivity index (χ0v) is 14.8. The van der Waals surface area contributed by atoms with E-state index in [0.29, 0.717) is 26.9 Å². The van der Waals surface area contributed by atoms with E-state index in [1.807, 2.05) is 24.3 Å². The lowest BCUT2D eigenvalue weighted by molar-refractivity contribution is 0.392. The van der Waals surface area contributed by atoms with Gasteiger partial charge in [0.15, 0.2) is 10.8 Å². The van der Waals surface area contributed by atoms with E-state index in [2.05, 4.69) is 31.0 Å². The van der Waals surface area contributed by atoms with Crippen LogP contribution in [0.15, 0.2) is 38.7 Å². The number of aromatic nitrogens is 4. The third kappa shape index (κ3) is 3.20. The predicted molar refractivity (Wildman–Crippen MR) is 90.4 cm³/mol. The number of fused-ring (bicyclic) bond motifs is 1. The van der Waals surface area contributed by atoms with Crippen molar-refractivity contribution in [2.24, 2.45) is 0 Å². The lowest BCUT2D eigenvalue weighted by Gasteiger charge is -2.03. The van der Waals surface area contributed by atoms with Crippen molar-refractivity contribution in [3.63, 3.8) is 0 Å². The van der Waals surface area contributed by atoms with Crippen molar-refractivity contribution in [1.82, 2.24) is 19.6 Å². The van der Waals surface area contributed by atoms with Crippen LogP contribution in [0.1, 0.15) is 5.56 Å². The van der Waals surface area contributed by atoms with Gasteiger partial charge in [0.1, 0.15) is 10.2 Å². The number of nitrogens with one attached hydrogen (secondary N) is 1. The smallest absolute Gasteiger partial charge is 0.350 e. The standard InChI is InChI=1S/C14H13BrN4O3S/c1-21-9-5-3-8(4-6-9)7-23-13-16-11-10(15)12(22-2)18-19(11)14(20)17-13/h3-6H,7H2,1-2H3,(H,16,17,20). The summed E-state index contributed by atoms with van der Waals surface area (Å²) in [5.74, 6) is 1.80. The van der Waals surface area contributed by atoms with Crippen LogP contribution in [-0.2, 0) is 5.75 Å². The summed E-state index contributed by atoms with van der Waals surface area (Å²) in [6.45, 7) is 0. The van der Waals surface area contributed by atoms with Crippen LogP contribution in [0.25, 0.3) is 5.65 Å². The minimum atomic E-state index is -0.365. The molecule has 1 aromatic carbocycles. The van der Waals surface area contributed by atoms with Gasteiger partial charge in [0.25, 0.3) is 0 Å². The molecule has 23 heavy (non-hydrogen) atoms. The number of methoxy groups -OCH3 is 2. The Balaban J connectivity index is 1.85. The number of hydrogen-bond donors (Lipinski definition) is 1. The molecule has 9 heteroatoms. The average Bonchev–Trinajstić information content (AvgIpc) is 2.90. The zero-order valence-electron chi connectivity index (χ0n) is 12.4. The molecule has 0 bridgehead atoms. The molecule has 2 heterocycles. The van der Waals surface area contributed by atoms with Crippen LogP contribution in [0.4, 0.5) is 0 Å². The molecule has 0 unspecified atom stereocenters. The molecule has 0 saturated carbocycles. The van der Waals surface area contributed by atoms with Gasteiger partial charge in [-0.25, -0.2) is 9.78 Å². The Morgan fingerprint density at radius 3 is 2.65 bits per heavy atom. The fraction of sp³-hybridized carbons (Fsp3) is 0.214. The van der Waals surface area contributed by atoms with Gasteiger partial charge in [-0.3, -0.25) is 4.98 Å².